The Morgan fingerprint density at radius 3 is 2.55 bits per heavy atom. The summed E-state index contributed by atoms with van der Waals surface area (Å²) in [7, 11) is 0. The molecule has 2 N–H and O–H groups in total. The highest BCUT2D eigenvalue weighted by molar-refractivity contribution is 6.05. The molecule has 0 bridgehead atoms. The second kappa shape index (κ2) is 7.38. The Hall–Kier alpha value is -3.68. The minimum absolute atomic E-state index is 0.0536. The van der Waals surface area contributed by atoms with Crippen LogP contribution in [0.25, 0.3) is 22.4 Å². The van der Waals surface area contributed by atoms with Crippen molar-refractivity contribution in [2.24, 2.45) is 0 Å². The summed E-state index contributed by atoms with van der Waals surface area (Å²) in [6.07, 6.45) is -2.89. The standard InChI is InChI=1S/C21H15F3N4O/c22-21(23,24)16-9-2-1-7-14(16)19-27-17-10-5-8-15(18(17)28-19)20(29)26-12-13-6-3-4-11-25-13/h1-11H,12H2,(H,26,29)(H,27,28). The van der Waals surface area contributed by atoms with Crippen LogP contribution in [0, 0.1) is 0 Å². The molecule has 8 heteroatoms. The maximum atomic E-state index is 13.3. The number of hydrogen-bond donors (Lipinski definition) is 2. The zero-order chi connectivity index (χ0) is 20.4. The van der Waals surface area contributed by atoms with Crippen LogP contribution in [-0.2, 0) is 12.7 Å². The number of amides is 1. The van der Waals surface area contributed by atoms with Crippen molar-refractivity contribution in [1.29, 1.82) is 0 Å². The lowest BCUT2D eigenvalue weighted by Crippen LogP contribution is -2.23. The monoisotopic (exact) mass is 396 g/mol. The first-order valence-corrected chi connectivity index (χ1v) is 8.77. The molecule has 0 fully saturated rings. The molecule has 0 radical (unpaired) electrons. The maximum absolute atomic E-state index is 13.3. The van der Waals surface area contributed by atoms with Gasteiger partial charge in [-0.1, -0.05) is 30.3 Å². The first-order valence-electron chi connectivity index (χ1n) is 8.77. The first-order chi connectivity index (χ1) is 13.9. The van der Waals surface area contributed by atoms with Crippen molar-refractivity contribution in [1.82, 2.24) is 20.3 Å². The van der Waals surface area contributed by atoms with Gasteiger partial charge in [-0.3, -0.25) is 9.78 Å². The average molecular weight is 396 g/mol. The molecule has 4 aromatic rings. The van der Waals surface area contributed by atoms with Gasteiger partial charge in [0.25, 0.3) is 5.91 Å². The number of aromatic amines is 1. The summed E-state index contributed by atoms with van der Waals surface area (Å²) in [5.41, 5.74) is 0.872. The van der Waals surface area contributed by atoms with Crippen molar-refractivity contribution < 1.29 is 18.0 Å². The normalized spacial score (nSPS) is 11.6. The van der Waals surface area contributed by atoms with Crippen molar-refractivity contribution in [3.8, 4) is 11.4 Å². The van der Waals surface area contributed by atoms with Gasteiger partial charge in [0, 0.05) is 11.8 Å². The van der Waals surface area contributed by atoms with Crippen LogP contribution in [0.5, 0.6) is 0 Å². The van der Waals surface area contributed by atoms with E-state index in [0.717, 1.165) is 6.07 Å². The lowest BCUT2D eigenvalue weighted by Gasteiger charge is -2.10. The van der Waals surface area contributed by atoms with E-state index in [0.29, 0.717) is 16.7 Å². The molecule has 2 heterocycles. The fourth-order valence-corrected chi connectivity index (χ4v) is 3.05. The summed E-state index contributed by atoms with van der Waals surface area (Å²) < 4.78 is 40.0. The molecule has 29 heavy (non-hydrogen) atoms. The molecule has 5 nitrogen and oxygen atoms in total. The fraction of sp³-hybridized carbons (Fsp3) is 0.0952. The van der Waals surface area contributed by atoms with Crippen molar-refractivity contribution in [2.75, 3.05) is 0 Å². The van der Waals surface area contributed by atoms with E-state index in [2.05, 4.69) is 20.3 Å². The molecular formula is C21H15F3N4O. The van der Waals surface area contributed by atoms with Crippen LogP contribution in [0.2, 0.25) is 0 Å². The highest BCUT2D eigenvalue weighted by atomic mass is 19.4. The number of benzene rings is 2. The maximum Gasteiger partial charge on any atom is 0.417 e. The van der Waals surface area contributed by atoms with Gasteiger partial charge in [-0.25, -0.2) is 4.98 Å². The topological polar surface area (TPSA) is 70.7 Å². The lowest BCUT2D eigenvalue weighted by atomic mass is 10.1. The molecule has 1 amide bonds. The number of alkyl halides is 3. The summed E-state index contributed by atoms with van der Waals surface area (Å²) >= 11 is 0. The quantitative estimate of drug-likeness (QED) is 0.531. The lowest BCUT2D eigenvalue weighted by molar-refractivity contribution is -0.137. The number of nitrogens with zero attached hydrogens (tertiary/aromatic N) is 2. The molecule has 2 aromatic heterocycles. The number of carbonyl (C=O) groups is 1. The molecule has 0 saturated heterocycles. The van der Waals surface area contributed by atoms with E-state index in [1.807, 2.05) is 6.07 Å². The Morgan fingerprint density at radius 1 is 1.00 bits per heavy atom. The number of hydrogen-bond acceptors (Lipinski definition) is 3. The van der Waals surface area contributed by atoms with Gasteiger partial charge in [0.1, 0.15) is 11.3 Å². The fourth-order valence-electron chi connectivity index (χ4n) is 3.05. The number of nitrogens with one attached hydrogen (secondary N) is 2. The molecule has 0 aliphatic rings. The van der Waals surface area contributed by atoms with E-state index in [9.17, 15) is 18.0 Å². The number of carbonyl (C=O) groups excluding carboxylic acids is 1. The molecule has 146 valence electrons. The van der Waals surface area contributed by atoms with Gasteiger partial charge >= 0.3 is 6.18 Å². The van der Waals surface area contributed by atoms with E-state index < -0.39 is 11.7 Å². The molecular weight excluding hydrogens is 381 g/mol. The predicted molar refractivity (Wildman–Crippen MR) is 102 cm³/mol. The third-order valence-corrected chi connectivity index (χ3v) is 4.40. The molecule has 4 rings (SSSR count). The van der Waals surface area contributed by atoms with Crippen LogP contribution in [0.1, 0.15) is 21.6 Å². The van der Waals surface area contributed by atoms with E-state index in [1.54, 1.807) is 36.5 Å². The number of halogens is 3. The summed E-state index contributed by atoms with van der Waals surface area (Å²) in [5, 5.41) is 2.76. The van der Waals surface area contributed by atoms with Gasteiger partial charge in [-0.05, 0) is 30.3 Å². The van der Waals surface area contributed by atoms with Gasteiger partial charge in [0.05, 0.1) is 28.9 Å². The molecule has 2 aromatic carbocycles. The van der Waals surface area contributed by atoms with Crippen LogP contribution in [0.15, 0.2) is 66.9 Å². The SMILES string of the molecule is O=C(NCc1ccccn1)c1cccc2[nH]c(-c3ccccc3C(F)(F)F)nc12. The van der Waals surface area contributed by atoms with E-state index in [-0.39, 0.29) is 29.4 Å². The van der Waals surface area contributed by atoms with Gasteiger partial charge < -0.3 is 10.3 Å². The molecule has 0 saturated carbocycles. The molecule has 0 aliphatic heterocycles. The molecule has 0 unspecified atom stereocenters. The number of fused-ring (bicyclic) bond motifs is 1. The minimum Gasteiger partial charge on any atom is -0.346 e. The number of aromatic nitrogens is 3. The third-order valence-electron chi connectivity index (χ3n) is 4.40. The van der Waals surface area contributed by atoms with Crippen LogP contribution in [0.3, 0.4) is 0 Å². The van der Waals surface area contributed by atoms with Gasteiger partial charge in [-0.2, -0.15) is 13.2 Å². The number of H-pyrrole nitrogens is 1. The number of para-hydroxylation sites is 1. The van der Waals surface area contributed by atoms with E-state index >= 15 is 0 Å². The van der Waals surface area contributed by atoms with Gasteiger partial charge in [-0.15, -0.1) is 0 Å². The van der Waals surface area contributed by atoms with Gasteiger partial charge in [0.15, 0.2) is 0 Å². The Labute approximate surface area is 163 Å². The average Bonchev–Trinajstić information content (AvgIpc) is 3.16. The second-order valence-corrected chi connectivity index (χ2v) is 6.33. The molecule has 0 atom stereocenters. The Balaban J connectivity index is 1.69. The van der Waals surface area contributed by atoms with Gasteiger partial charge in [0.2, 0.25) is 0 Å². The van der Waals surface area contributed by atoms with Crippen LogP contribution < -0.4 is 5.32 Å². The summed E-state index contributed by atoms with van der Waals surface area (Å²) in [6.45, 7) is 0.226. The van der Waals surface area contributed by atoms with Crippen molar-refractivity contribution in [2.45, 2.75) is 12.7 Å². The third kappa shape index (κ3) is 3.82. The smallest absolute Gasteiger partial charge is 0.346 e. The van der Waals surface area contributed by atoms with E-state index in [1.165, 1.54) is 18.2 Å². The molecule has 0 aliphatic carbocycles. The van der Waals surface area contributed by atoms with Crippen molar-refractivity contribution in [3.63, 3.8) is 0 Å². The molecule has 0 spiro atoms. The Bertz CT molecular complexity index is 1170. The van der Waals surface area contributed by atoms with E-state index in [4.69, 9.17) is 0 Å². The zero-order valence-corrected chi connectivity index (χ0v) is 15.0. The predicted octanol–water partition coefficient (Wildman–Crippen LogP) is 4.57. The number of imidazole rings is 1. The summed E-state index contributed by atoms with van der Waals surface area (Å²) in [5.74, 6) is -0.332. The zero-order valence-electron chi connectivity index (χ0n) is 15.0. The largest absolute Gasteiger partial charge is 0.417 e. The highest BCUT2D eigenvalue weighted by Gasteiger charge is 2.34. The first kappa shape index (κ1) is 18.7. The number of rotatable bonds is 4. The van der Waals surface area contributed by atoms with Crippen LogP contribution in [0.4, 0.5) is 13.2 Å². The van der Waals surface area contributed by atoms with Crippen LogP contribution >= 0.6 is 0 Å². The number of pyridine rings is 1. The van der Waals surface area contributed by atoms with Crippen molar-refractivity contribution >= 4 is 16.9 Å². The summed E-state index contributed by atoms with van der Waals surface area (Å²) in [6, 6.07) is 15.4. The Kier molecular flexibility index (Phi) is 4.75. The second-order valence-electron chi connectivity index (χ2n) is 6.33. The van der Waals surface area contributed by atoms with Crippen molar-refractivity contribution in [3.05, 3.63) is 83.7 Å². The summed E-state index contributed by atoms with van der Waals surface area (Å²) in [4.78, 5) is 24.0. The highest BCUT2D eigenvalue weighted by Crippen LogP contribution is 2.36. The van der Waals surface area contributed by atoms with Crippen LogP contribution in [-0.4, -0.2) is 20.9 Å². The minimum atomic E-state index is -4.52. The Morgan fingerprint density at radius 2 is 1.79 bits per heavy atom.